The number of nitrogens with one attached hydrogen (secondary N) is 1. The van der Waals surface area contributed by atoms with E-state index in [4.69, 9.17) is 11.0 Å². The summed E-state index contributed by atoms with van der Waals surface area (Å²) < 4.78 is 0. The minimum absolute atomic E-state index is 0.399. The highest BCUT2D eigenvalue weighted by atomic mass is 14.9. The van der Waals surface area contributed by atoms with Crippen LogP contribution in [0.25, 0.3) is 11.3 Å². The van der Waals surface area contributed by atoms with Crippen LogP contribution in [0, 0.1) is 11.3 Å². The molecule has 1 heterocycles. The molecule has 0 atom stereocenters. The summed E-state index contributed by atoms with van der Waals surface area (Å²) in [6.07, 6.45) is 1.74. The van der Waals surface area contributed by atoms with Crippen LogP contribution in [0.3, 0.4) is 0 Å². The van der Waals surface area contributed by atoms with Crippen molar-refractivity contribution >= 4 is 0 Å². The molecule has 0 fully saturated rings. The van der Waals surface area contributed by atoms with Gasteiger partial charge in [0.15, 0.2) is 0 Å². The molecule has 0 unspecified atom stereocenters. The van der Waals surface area contributed by atoms with Crippen molar-refractivity contribution in [1.29, 1.82) is 5.26 Å². The third kappa shape index (κ3) is 1.87. The number of hydrogen-bond acceptors (Lipinski definition) is 3. The van der Waals surface area contributed by atoms with E-state index in [1.54, 1.807) is 18.3 Å². The lowest BCUT2D eigenvalue weighted by molar-refractivity contribution is 0.950. The first kappa shape index (κ1) is 9.44. The van der Waals surface area contributed by atoms with Crippen LogP contribution >= 0.6 is 0 Å². The second kappa shape index (κ2) is 3.95. The van der Waals surface area contributed by atoms with Crippen molar-refractivity contribution in [2.75, 3.05) is 0 Å². The molecule has 0 aliphatic heterocycles. The summed E-state index contributed by atoms with van der Waals surface area (Å²) in [6.45, 7) is 0.399. The maximum atomic E-state index is 8.65. The number of benzene rings is 1. The van der Waals surface area contributed by atoms with Crippen molar-refractivity contribution < 1.29 is 0 Å². The number of aromatic nitrogens is 2. The molecule has 1 aromatic carbocycles. The summed E-state index contributed by atoms with van der Waals surface area (Å²) in [5, 5.41) is 8.65. The van der Waals surface area contributed by atoms with E-state index in [1.807, 2.05) is 12.1 Å². The largest absolute Gasteiger partial charge is 0.341 e. The average Bonchev–Trinajstić information content (AvgIpc) is 2.78. The number of H-pyrrole nitrogens is 1. The van der Waals surface area contributed by atoms with Crippen molar-refractivity contribution in [3.8, 4) is 17.3 Å². The number of rotatable bonds is 2. The first-order valence-electron chi connectivity index (χ1n) is 4.58. The summed E-state index contributed by atoms with van der Waals surface area (Å²) in [7, 11) is 0. The molecule has 0 aliphatic rings. The summed E-state index contributed by atoms with van der Waals surface area (Å²) in [4.78, 5) is 7.21. The molecule has 15 heavy (non-hydrogen) atoms. The Morgan fingerprint density at radius 2 is 2.07 bits per heavy atom. The fourth-order valence-corrected chi connectivity index (χ4v) is 1.34. The van der Waals surface area contributed by atoms with Gasteiger partial charge in [-0.05, 0) is 17.7 Å². The van der Waals surface area contributed by atoms with E-state index in [-0.39, 0.29) is 0 Å². The Kier molecular flexibility index (Phi) is 2.48. The fourth-order valence-electron chi connectivity index (χ4n) is 1.34. The molecule has 0 radical (unpaired) electrons. The summed E-state index contributed by atoms with van der Waals surface area (Å²) >= 11 is 0. The molecule has 4 nitrogen and oxygen atoms in total. The lowest BCUT2D eigenvalue weighted by atomic mass is 10.1. The van der Waals surface area contributed by atoms with Crippen molar-refractivity contribution in [2.45, 2.75) is 6.54 Å². The molecule has 1 aromatic heterocycles. The van der Waals surface area contributed by atoms with Gasteiger partial charge < -0.3 is 10.7 Å². The van der Waals surface area contributed by atoms with E-state index in [0.717, 1.165) is 17.1 Å². The van der Waals surface area contributed by atoms with Gasteiger partial charge in [-0.3, -0.25) is 0 Å². The van der Waals surface area contributed by atoms with Crippen LogP contribution in [-0.2, 0) is 6.54 Å². The van der Waals surface area contributed by atoms with E-state index in [1.165, 1.54) is 0 Å². The predicted octanol–water partition coefficient (Wildman–Crippen LogP) is 1.41. The topological polar surface area (TPSA) is 78.5 Å². The Morgan fingerprint density at radius 3 is 2.60 bits per heavy atom. The Balaban J connectivity index is 2.33. The predicted molar refractivity (Wildman–Crippen MR) is 56.6 cm³/mol. The lowest BCUT2D eigenvalue weighted by Crippen LogP contribution is -1.97. The summed E-state index contributed by atoms with van der Waals surface area (Å²) in [5.41, 5.74) is 8.02. The highest BCUT2D eigenvalue weighted by Gasteiger charge is 2.01. The second-order valence-electron chi connectivity index (χ2n) is 3.14. The van der Waals surface area contributed by atoms with Gasteiger partial charge in [0.1, 0.15) is 5.82 Å². The molecule has 0 spiro atoms. The highest BCUT2D eigenvalue weighted by Crippen LogP contribution is 2.17. The SMILES string of the molecule is N#Cc1ccc(-c2cnc(CN)[nH]2)cc1. The molecule has 0 bridgehead atoms. The minimum atomic E-state index is 0.399. The molecule has 0 saturated heterocycles. The molecular formula is C11H10N4. The quantitative estimate of drug-likeness (QED) is 0.765. The van der Waals surface area contributed by atoms with Gasteiger partial charge in [0.2, 0.25) is 0 Å². The van der Waals surface area contributed by atoms with Crippen LogP contribution in [0.4, 0.5) is 0 Å². The maximum Gasteiger partial charge on any atom is 0.120 e. The Morgan fingerprint density at radius 1 is 1.33 bits per heavy atom. The fraction of sp³-hybridized carbons (Fsp3) is 0.0909. The van der Waals surface area contributed by atoms with Gasteiger partial charge in [-0.15, -0.1) is 0 Å². The van der Waals surface area contributed by atoms with Crippen LogP contribution < -0.4 is 5.73 Å². The van der Waals surface area contributed by atoms with Crippen molar-refractivity contribution in [3.05, 3.63) is 41.9 Å². The van der Waals surface area contributed by atoms with Crippen molar-refractivity contribution in [3.63, 3.8) is 0 Å². The van der Waals surface area contributed by atoms with E-state index in [0.29, 0.717) is 12.1 Å². The van der Waals surface area contributed by atoms with Crippen LogP contribution in [0.5, 0.6) is 0 Å². The number of imidazole rings is 1. The van der Waals surface area contributed by atoms with Gasteiger partial charge in [0.25, 0.3) is 0 Å². The standard InChI is InChI=1S/C11H10N4/c12-5-8-1-3-9(4-2-8)10-7-14-11(6-13)15-10/h1-4,7H,6,13H2,(H,14,15). The Labute approximate surface area is 87.4 Å². The average molecular weight is 198 g/mol. The first-order valence-corrected chi connectivity index (χ1v) is 4.58. The zero-order valence-electron chi connectivity index (χ0n) is 8.07. The number of nitriles is 1. The number of aromatic amines is 1. The van der Waals surface area contributed by atoms with Crippen molar-refractivity contribution in [1.82, 2.24) is 9.97 Å². The molecule has 0 aliphatic carbocycles. The van der Waals surface area contributed by atoms with Gasteiger partial charge in [-0.2, -0.15) is 5.26 Å². The molecule has 0 saturated carbocycles. The molecule has 0 amide bonds. The summed E-state index contributed by atoms with van der Waals surface area (Å²) in [6, 6.07) is 9.39. The van der Waals surface area contributed by atoms with Crippen LogP contribution in [0.1, 0.15) is 11.4 Å². The highest BCUT2D eigenvalue weighted by molar-refractivity contribution is 5.59. The zero-order valence-corrected chi connectivity index (χ0v) is 8.07. The molecule has 4 heteroatoms. The minimum Gasteiger partial charge on any atom is -0.341 e. The van der Waals surface area contributed by atoms with Gasteiger partial charge in [-0.25, -0.2) is 4.98 Å². The normalized spacial score (nSPS) is 9.87. The Hall–Kier alpha value is -2.12. The van der Waals surface area contributed by atoms with Crippen molar-refractivity contribution in [2.24, 2.45) is 5.73 Å². The van der Waals surface area contributed by atoms with Gasteiger partial charge in [0, 0.05) is 0 Å². The number of nitrogens with two attached hydrogens (primary N) is 1. The van der Waals surface area contributed by atoms with E-state index < -0.39 is 0 Å². The molecular weight excluding hydrogens is 188 g/mol. The monoisotopic (exact) mass is 198 g/mol. The van der Waals surface area contributed by atoms with Gasteiger partial charge in [-0.1, -0.05) is 12.1 Å². The van der Waals surface area contributed by atoms with E-state index >= 15 is 0 Å². The zero-order chi connectivity index (χ0) is 10.7. The second-order valence-corrected chi connectivity index (χ2v) is 3.14. The third-order valence-electron chi connectivity index (χ3n) is 2.15. The Bertz CT molecular complexity index is 490. The van der Waals surface area contributed by atoms with Crippen LogP contribution in [-0.4, -0.2) is 9.97 Å². The molecule has 2 rings (SSSR count). The van der Waals surface area contributed by atoms with Crippen LogP contribution in [0.2, 0.25) is 0 Å². The lowest BCUT2D eigenvalue weighted by Gasteiger charge is -1.96. The first-order chi connectivity index (χ1) is 7.33. The van der Waals surface area contributed by atoms with Gasteiger partial charge in [0.05, 0.1) is 30.1 Å². The molecule has 74 valence electrons. The van der Waals surface area contributed by atoms with Crippen LogP contribution in [0.15, 0.2) is 30.5 Å². The molecule has 3 N–H and O–H groups in total. The molecule has 2 aromatic rings. The smallest absolute Gasteiger partial charge is 0.120 e. The summed E-state index contributed by atoms with van der Waals surface area (Å²) in [5.74, 6) is 0.759. The van der Waals surface area contributed by atoms with E-state index in [9.17, 15) is 0 Å². The maximum absolute atomic E-state index is 8.65. The number of nitrogens with zero attached hydrogens (tertiary/aromatic N) is 2. The third-order valence-corrected chi connectivity index (χ3v) is 2.15. The van der Waals surface area contributed by atoms with Gasteiger partial charge >= 0.3 is 0 Å². The van der Waals surface area contributed by atoms with E-state index in [2.05, 4.69) is 16.0 Å². The number of hydrogen-bond donors (Lipinski definition) is 2.